The zero-order valence-corrected chi connectivity index (χ0v) is 15.5. The van der Waals surface area contributed by atoms with Gasteiger partial charge in [-0.05, 0) is 32.6 Å². The molecule has 2 saturated heterocycles. The number of rotatable bonds is 5. The first-order valence-corrected chi connectivity index (χ1v) is 9.41. The highest BCUT2D eigenvalue weighted by Crippen LogP contribution is 2.34. The number of hydrogen-bond acceptors (Lipinski definition) is 3. The van der Waals surface area contributed by atoms with Gasteiger partial charge in [0.15, 0.2) is 0 Å². The topological polar surface area (TPSA) is 35.6 Å². The molecule has 1 amide bonds. The molecule has 0 bridgehead atoms. The molecule has 140 valence electrons. The maximum Gasteiger partial charge on any atom is 0.275 e. The van der Waals surface area contributed by atoms with Crippen molar-refractivity contribution in [2.45, 2.75) is 77.4 Å². The Bertz CT molecular complexity index is 422. The lowest BCUT2D eigenvalue weighted by molar-refractivity contribution is -0.138. The number of alkyl halides is 2. The van der Waals surface area contributed by atoms with Crippen LogP contribution >= 0.6 is 0 Å². The van der Waals surface area contributed by atoms with Crippen molar-refractivity contribution < 1.29 is 13.6 Å². The largest absolute Gasteiger partial charge is 0.353 e. The second-order valence-electron chi connectivity index (χ2n) is 7.77. The van der Waals surface area contributed by atoms with E-state index in [2.05, 4.69) is 5.32 Å². The number of likely N-dealkylation sites (tertiary alicyclic amines) is 2. The highest BCUT2D eigenvalue weighted by Gasteiger charge is 2.48. The van der Waals surface area contributed by atoms with Crippen LogP contribution in [0.4, 0.5) is 8.78 Å². The van der Waals surface area contributed by atoms with Crippen molar-refractivity contribution in [3.05, 3.63) is 0 Å². The molecule has 0 aromatic heterocycles. The van der Waals surface area contributed by atoms with Crippen LogP contribution < -0.4 is 5.32 Å². The smallest absolute Gasteiger partial charge is 0.275 e. The molecule has 1 N–H and O–H groups in total. The summed E-state index contributed by atoms with van der Waals surface area (Å²) in [6.45, 7) is 9.73. The van der Waals surface area contributed by atoms with Crippen LogP contribution in [0.2, 0.25) is 0 Å². The summed E-state index contributed by atoms with van der Waals surface area (Å²) in [5.41, 5.74) is 0. The number of nitrogens with zero attached hydrogens (tertiary/aromatic N) is 2. The predicted octanol–water partition coefficient (Wildman–Crippen LogP) is 2.73. The standard InChI is InChI=1S/C18H33F2N3O/c1-5-14(4)23-11-8-16(18(19,20)12-23)22-9-6-15(7-10-22)21-17(24)13(2)3/h13-16H,5-12H2,1-4H3,(H,21,24). The van der Waals surface area contributed by atoms with Crippen LogP contribution in [0.15, 0.2) is 0 Å². The maximum atomic E-state index is 14.7. The third-order valence-corrected chi connectivity index (χ3v) is 5.65. The van der Waals surface area contributed by atoms with Gasteiger partial charge in [0.25, 0.3) is 5.92 Å². The quantitative estimate of drug-likeness (QED) is 0.832. The van der Waals surface area contributed by atoms with Gasteiger partial charge in [-0.2, -0.15) is 0 Å². The van der Waals surface area contributed by atoms with Crippen LogP contribution in [0.5, 0.6) is 0 Å². The lowest BCUT2D eigenvalue weighted by Crippen LogP contribution is -2.61. The minimum absolute atomic E-state index is 0.0303. The Kier molecular flexibility index (Phi) is 6.59. The molecular formula is C18H33F2N3O. The highest BCUT2D eigenvalue weighted by atomic mass is 19.3. The molecule has 2 fully saturated rings. The van der Waals surface area contributed by atoms with Gasteiger partial charge in [-0.15, -0.1) is 0 Å². The Hall–Kier alpha value is -0.750. The van der Waals surface area contributed by atoms with Crippen LogP contribution in [0.25, 0.3) is 0 Å². The van der Waals surface area contributed by atoms with Crippen molar-refractivity contribution in [1.82, 2.24) is 15.1 Å². The summed E-state index contributed by atoms with van der Waals surface area (Å²) < 4.78 is 29.3. The molecule has 0 aromatic carbocycles. The second-order valence-corrected chi connectivity index (χ2v) is 7.77. The average molecular weight is 345 g/mol. The minimum Gasteiger partial charge on any atom is -0.353 e. The number of piperidine rings is 2. The van der Waals surface area contributed by atoms with E-state index in [1.165, 1.54) is 0 Å². The number of carbonyl (C=O) groups excluding carboxylic acids is 1. The van der Waals surface area contributed by atoms with Gasteiger partial charge in [0.2, 0.25) is 5.91 Å². The molecule has 0 spiro atoms. The van der Waals surface area contributed by atoms with E-state index in [4.69, 9.17) is 0 Å². The molecule has 24 heavy (non-hydrogen) atoms. The first kappa shape index (κ1) is 19.6. The Morgan fingerprint density at radius 1 is 1.17 bits per heavy atom. The molecule has 0 saturated carbocycles. The van der Waals surface area contributed by atoms with E-state index in [-0.39, 0.29) is 30.5 Å². The average Bonchev–Trinajstić information content (AvgIpc) is 2.54. The Morgan fingerprint density at radius 2 is 1.79 bits per heavy atom. The summed E-state index contributed by atoms with van der Waals surface area (Å²) in [6.07, 6.45) is 2.96. The van der Waals surface area contributed by atoms with Gasteiger partial charge in [0.05, 0.1) is 12.6 Å². The van der Waals surface area contributed by atoms with Crippen molar-refractivity contribution in [3.63, 3.8) is 0 Å². The van der Waals surface area contributed by atoms with E-state index in [1.54, 1.807) is 0 Å². The molecule has 0 aliphatic carbocycles. The van der Waals surface area contributed by atoms with Crippen LogP contribution in [0.3, 0.4) is 0 Å². The fourth-order valence-corrected chi connectivity index (χ4v) is 3.76. The number of nitrogens with one attached hydrogen (secondary N) is 1. The van der Waals surface area contributed by atoms with Gasteiger partial charge in [0, 0.05) is 37.6 Å². The Morgan fingerprint density at radius 3 is 2.29 bits per heavy atom. The van der Waals surface area contributed by atoms with E-state index in [9.17, 15) is 13.6 Å². The van der Waals surface area contributed by atoms with Gasteiger partial charge < -0.3 is 5.32 Å². The first-order valence-electron chi connectivity index (χ1n) is 9.41. The molecule has 2 rings (SSSR count). The third-order valence-electron chi connectivity index (χ3n) is 5.65. The van der Waals surface area contributed by atoms with Gasteiger partial charge in [-0.1, -0.05) is 20.8 Å². The first-order chi connectivity index (χ1) is 11.2. The maximum absolute atomic E-state index is 14.7. The molecule has 6 heteroatoms. The summed E-state index contributed by atoms with van der Waals surface area (Å²) in [5, 5.41) is 3.03. The van der Waals surface area contributed by atoms with Crippen LogP contribution in [0, 0.1) is 5.92 Å². The van der Waals surface area contributed by atoms with E-state index in [0.29, 0.717) is 19.5 Å². The Labute approximate surface area is 144 Å². The van der Waals surface area contributed by atoms with Crippen molar-refractivity contribution >= 4 is 5.91 Å². The zero-order chi connectivity index (χ0) is 17.9. The summed E-state index contributed by atoms with van der Waals surface area (Å²) in [6, 6.07) is -0.307. The summed E-state index contributed by atoms with van der Waals surface area (Å²) in [4.78, 5) is 15.6. The van der Waals surface area contributed by atoms with Gasteiger partial charge >= 0.3 is 0 Å². The number of carbonyl (C=O) groups is 1. The zero-order valence-electron chi connectivity index (χ0n) is 15.5. The lowest BCUT2D eigenvalue weighted by atomic mass is 9.94. The summed E-state index contributed by atoms with van der Waals surface area (Å²) in [5.74, 6) is -2.63. The molecule has 2 aliphatic rings. The molecule has 2 atom stereocenters. The molecule has 2 heterocycles. The van der Waals surface area contributed by atoms with Crippen LogP contribution in [-0.2, 0) is 4.79 Å². The molecule has 4 nitrogen and oxygen atoms in total. The van der Waals surface area contributed by atoms with Gasteiger partial charge in [-0.3, -0.25) is 14.6 Å². The van der Waals surface area contributed by atoms with E-state index < -0.39 is 12.0 Å². The predicted molar refractivity (Wildman–Crippen MR) is 92.3 cm³/mol. The van der Waals surface area contributed by atoms with Crippen molar-refractivity contribution in [3.8, 4) is 0 Å². The van der Waals surface area contributed by atoms with E-state index in [0.717, 1.165) is 25.8 Å². The number of halogens is 2. The minimum atomic E-state index is -2.66. The number of hydrogen-bond donors (Lipinski definition) is 1. The van der Waals surface area contributed by atoms with Crippen molar-refractivity contribution in [2.24, 2.45) is 5.92 Å². The van der Waals surface area contributed by atoms with Gasteiger partial charge in [0.1, 0.15) is 0 Å². The Balaban J connectivity index is 1.87. The third kappa shape index (κ3) is 4.66. The fraction of sp³-hybridized carbons (Fsp3) is 0.944. The number of amides is 1. The SMILES string of the molecule is CCC(C)N1CCC(N2CCC(NC(=O)C(C)C)CC2)C(F)(F)C1. The fourth-order valence-electron chi connectivity index (χ4n) is 3.76. The van der Waals surface area contributed by atoms with Crippen LogP contribution in [-0.4, -0.2) is 65.9 Å². The van der Waals surface area contributed by atoms with Crippen LogP contribution in [0.1, 0.15) is 53.4 Å². The van der Waals surface area contributed by atoms with E-state index >= 15 is 0 Å². The lowest BCUT2D eigenvalue weighted by Gasteiger charge is -2.47. The summed E-state index contributed by atoms with van der Waals surface area (Å²) in [7, 11) is 0. The van der Waals surface area contributed by atoms with E-state index in [1.807, 2.05) is 37.5 Å². The van der Waals surface area contributed by atoms with Crippen molar-refractivity contribution in [2.75, 3.05) is 26.2 Å². The molecular weight excluding hydrogens is 312 g/mol. The van der Waals surface area contributed by atoms with Gasteiger partial charge in [-0.25, -0.2) is 8.78 Å². The van der Waals surface area contributed by atoms with Crippen molar-refractivity contribution in [1.29, 1.82) is 0 Å². The molecule has 0 radical (unpaired) electrons. The normalized spacial score (nSPS) is 28.0. The monoisotopic (exact) mass is 345 g/mol. The molecule has 2 aliphatic heterocycles. The second kappa shape index (κ2) is 8.09. The molecule has 2 unspecified atom stereocenters. The molecule has 0 aromatic rings. The summed E-state index contributed by atoms with van der Waals surface area (Å²) >= 11 is 0. The highest BCUT2D eigenvalue weighted by molar-refractivity contribution is 5.78.